The summed E-state index contributed by atoms with van der Waals surface area (Å²) in [6.45, 7) is 6.91. The van der Waals surface area contributed by atoms with Gasteiger partial charge in [-0.15, -0.1) is 0 Å². The molecule has 0 atom stereocenters. The van der Waals surface area contributed by atoms with E-state index in [1.807, 2.05) is 0 Å². The van der Waals surface area contributed by atoms with Gasteiger partial charge in [-0.1, -0.05) is 32.0 Å². The monoisotopic (exact) mass is 206 g/mol. The van der Waals surface area contributed by atoms with Crippen LogP contribution in [0.5, 0.6) is 0 Å². The van der Waals surface area contributed by atoms with Crippen molar-refractivity contribution in [3.05, 3.63) is 34.9 Å². The molecule has 15 heavy (non-hydrogen) atoms. The zero-order chi connectivity index (χ0) is 11.3. The predicted octanol–water partition coefficient (Wildman–Crippen LogP) is 3.43. The second-order valence-corrected chi connectivity index (χ2v) is 4.12. The van der Waals surface area contributed by atoms with Gasteiger partial charge in [0, 0.05) is 6.61 Å². The molecule has 0 radical (unpaired) electrons. The molecule has 0 heterocycles. The van der Waals surface area contributed by atoms with Gasteiger partial charge in [-0.05, 0) is 48.8 Å². The summed E-state index contributed by atoms with van der Waals surface area (Å²) < 4.78 is 0. The summed E-state index contributed by atoms with van der Waals surface area (Å²) in [7, 11) is 0. The fraction of sp³-hybridized carbons (Fsp3) is 0.571. The van der Waals surface area contributed by atoms with Gasteiger partial charge in [0.15, 0.2) is 0 Å². The Kier molecular flexibility index (Phi) is 4.83. The van der Waals surface area contributed by atoms with Gasteiger partial charge in [0.25, 0.3) is 0 Å². The molecule has 0 amide bonds. The Morgan fingerprint density at radius 3 is 2.40 bits per heavy atom. The molecule has 0 aliphatic rings. The molecule has 0 unspecified atom stereocenters. The van der Waals surface area contributed by atoms with Crippen LogP contribution < -0.4 is 0 Å². The Balaban J connectivity index is 3.02. The van der Waals surface area contributed by atoms with Crippen LogP contribution in [0, 0.1) is 6.92 Å². The smallest absolute Gasteiger partial charge is 0.0471 e. The highest BCUT2D eigenvalue weighted by Crippen LogP contribution is 2.27. The number of benzene rings is 1. The topological polar surface area (TPSA) is 20.2 Å². The number of hydrogen-bond donors (Lipinski definition) is 1. The van der Waals surface area contributed by atoms with E-state index in [0.717, 1.165) is 6.42 Å². The molecular formula is C14H22O. The Morgan fingerprint density at radius 2 is 1.87 bits per heavy atom. The lowest BCUT2D eigenvalue weighted by Gasteiger charge is -2.18. The summed E-state index contributed by atoms with van der Waals surface area (Å²) in [5, 5.41) is 8.99. The van der Waals surface area contributed by atoms with Crippen LogP contribution >= 0.6 is 0 Å². The lowest BCUT2D eigenvalue weighted by molar-refractivity contribution is 0.299. The molecule has 0 aliphatic heterocycles. The highest BCUT2D eigenvalue weighted by Gasteiger charge is 2.11. The molecule has 1 heteroatoms. The van der Waals surface area contributed by atoms with Crippen LogP contribution in [0.4, 0.5) is 0 Å². The molecule has 0 fully saturated rings. The Labute approximate surface area is 93.1 Å². The zero-order valence-electron chi connectivity index (χ0n) is 10.1. The number of rotatable bonds is 5. The van der Waals surface area contributed by atoms with Gasteiger partial charge < -0.3 is 5.11 Å². The van der Waals surface area contributed by atoms with Crippen LogP contribution in [-0.4, -0.2) is 11.7 Å². The second kappa shape index (κ2) is 5.92. The lowest BCUT2D eigenvalue weighted by atomic mass is 9.88. The van der Waals surface area contributed by atoms with Crippen LogP contribution in [0.1, 0.15) is 49.3 Å². The first-order valence-corrected chi connectivity index (χ1v) is 5.93. The van der Waals surface area contributed by atoms with Crippen LogP contribution in [0.2, 0.25) is 0 Å². The Morgan fingerprint density at radius 1 is 1.20 bits per heavy atom. The van der Waals surface area contributed by atoms with Crippen molar-refractivity contribution in [3.63, 3.8) is 0 Å². The maximum absolute atomic E-state index is 8.99. The third-order valence-electron chi connectivity index (χ3n) is 3.29. The summed E-state index contributed by atoms with van der Waals surface area (Å²) in [5.74, 6) is 0.670. The standard InChI is InChI=1S/C14H22O/c1-4-12(5-2)14-8-6-7-13(9-10-15)11(14)3/h6-8,12,15H,4-5,9-10H2,1-3H3. The molecule has 0 saturated heterocycles. The number of aliphatic hydroxyl groups is 1. The van der Waals surface area contributed by atoms with E-state index in [2.05, 4.69) is 39.0 Å². The number of hydrogen-bond acceptors (Lipinski definition) is 1. The maximum atomic E-state index is 8.99. The fourth-order valence-electron chi connectivity index (χ4n) is 2.27. The minimum Gasteiger partial charge on any atom is -0.396 e. The fourth-order valence-corrected chi connectivity index (χ4v) is 2.27. The van der Waals surface area contributed by atoms with E-state index in [0.29, 0.717) is 5.92 Å². The van der Waals surface area contributed by atoms with Gasteiger partial charge in [-0.25, -0.2) is 0 Å². The van der Waals surface area contributed by atoms with E-state index in [1.54, 1.807) is 0 Å². The van der Waals surface area contributed by atoms with Gasteiger partial charge in [0.05, 0.1) is 0 Å². The van der Waals surface area contributed by atoms with Crippen molar-refractivity contribution < 1.29 is 5.11 Å². The molecule has 1 aromatic carbocycles. The molecule has 1 rings (SSSR count). The van der Waals surface area contributed by atoms with Crippen LogP contribution in [0.25, 0.3) is 0 Å². The van der Waals surface area contributed by atoms with E-state index >= 15 is 0 Å². The van der Waals surface area contributed by atoms with Crippen molar-refractivity contribution in [1.29, 1.82) is 0 Å². The summed E-state index contributed by atoms with van der Waals surface area (Å²) in [5.41, 5.74) is 4.13. The lowest BCUT2D eigenvalue weighted by Crippen LogP contribution is -2.02. The summed E-state index contributed by atoms with van der Waals surface area (Å²) in [6, 6.07) is 6.47. The highest BCUT2D eigenvalue weighted by molar-refractivity contribution is 5.36. The SMILES string of the molecule is CCC(CC)c1cccc(CCO)c1C. The molecule has 0 aromatic heterocycles. The largest absolute Gasteiger partial charge is 0.396 e. The third kappa shape index (κ3) is 2.82. The summed E-state index contributed by atoms with van der Waals surface area (Å²) in [6.07, 6.45) is 3.17. The average Bonchev–Trinajstić information content (AvgIpc) is 2.25. The first-order valence-electron chi connectivity index (χ1n) is 5.93. The van der Waals surface area contributed by atoms with Crippen molar-refractivity contribution in [3.8, 4) is 0 Å². The molecule has 84 valence electrons. The minimum atomic E-state index is 0.243. The molecule has 0 aliphatic carbocycles. The van der Waals surface area contributed by atoms with Crippen molar-refractivity contribution in [1.82, 2.24) is 0 Å². The van der Waals surface area contributed by atoms with E-state index < -0.39 is 0 Å². The van der Waals surface area contributed by atoms with Gasteiger partial charge in [0.2, 0.25) is 0 Å². The number of aliphatic hydroxyl groups excluding tert-OH is 1. The van der Waals surface area contributed by atoms with E-state index in [-0.39, 0.29) is 6.61 Å². The predicted molar refractivity (Wildman–Crippen MR) is 65.3 cm³/mol. The zero-order valence-corrected chi connectivity index (χ0v) is 10.1. The van der Waals surface area contributed by atoms with Crippen LogP contribution in [-0.2, 0) is 6.42 Å². The quantitative estimate of drug-likeness (QED) is 0.782. The summed E-state index contributed by atoms with van der Waals surface area (Å²) in [4.78, 5) is 0. The first kappa shape index (κ1) is 12.3. The van der Waals surface area contributed by atoms with Crippen LogP contribution in [0.3, 0.4) is 0 Å². The van der Waals surface area contributed by atoms with Gasteiger partial charge in [0.1, 0.15) is 0 Å². The Hall–Kier alpha value is -0.820. The van der Waals surface area contributed by atoms with E-state index in [1.165, 1.54) is 29.5 Å². The summed E-state index contributed by atoms with van der Waals surface area (Å²) >= 11 is 0. The first-order chi connectivity index (χ1) is 7.24. The van der Waals surface area contributed by atoms with Gasteiger partial charge in [-0.3, -0.25) is 0 Å². The van der Waals surface area contributed by atoms with Crippen molar-refractivity contribution >= 4 is 0 Å². The molecule has 1 N–H and O–H groups in total. The van der Waals surface area contributed by atoms with Crippen molar-refractivity contribution in [2.75, 3.05) is 6.61 Å². The maximum Gasteiger partial charge on any atom is 0.0471 e. The van der Waals surface area contributed by atoms with Crippen LogP contribution in [0.15, 0.2) is 18.2 Å². The van der Waals surface area contributed by atoms with Gasteiger partial charge >= 0.3 is 0 Å². The van der Waals surface area contributed by atoms with Crippen molar-refractivity contribution in [2.45, 2.75) is 46.0 Å². The van der Waals surface area contributed by atoms with Gasteiger partial charge in [-0.2, -0.15) is 0 Å². The molecule has 1 nitrogen and oxygen atoms in total. The molecule has 0 saturated carbocycles. The molecule has 0 bridgehead atoms. The second-order valence-electron chi connectivity index (χ2n) is 4.12. The minimum absolute atomic E-state index is 0.243. The Bertz CT molecular complexity index is 300. The molecular weight excluding hydrogens is 184 g/mol. The normalized spacial score (nSPS) is 11.0. The van der Waals surface area contributed by atoms with E-state index in [9.17, 15) is 0 Å². The van der Waals surface area contributed by atoms with E-state index in [4.69, 9.17) is 5.11 Å². The molecule has 1 aromatic rings. The van der Waals surface area contributed by atoms with Crippen molar-refractivity contribution in [2.24, 2.45) is 0 Å². The molecule has 0 spiro atoms. The third-order valence-corrected chi connectivity index (χ3v) is 3.29. The highest BCUT2D eigenvalue weighted by atomic mass is 16.2. The average molecular weight is 206 g/mol.